The summed E-state index contributed by atoms with van der Waals surface area (Å²) < 4.78 is 0. The number of piperidine rings is 1. The van der Waals surface area contributed by atoms with Gasteiger partial charge in [0, 0.05) is 10.6 Å². The molecule has 1 amide bonds. The third kappa shape index (κ3) is 5.85. The Balaban J connectivity index is 0.00000288. The number of anilines is 1. The zero-order valence-corrected chi connectivity index (χ0v) is 15.1. The van der Waals surface area contributed by atoms with E-state index in [1.54, 1.807) is 16.7 Å². The lowest BCUT2D eigenvalue weighted by atomic mass is 10.0. The fraction of sp³-hybridized carbons (Fsp3) is 0.412. The third-order valence-electron chi connectivity index (χ3n) is 3.76. The highest BCUT2D eigenvalue weighted by Gasteiger charge is 2.29. The Hall–Kier alpha value is -1.50. The highest BCUT2D eigenvalue weighted by molar-refractivity contribution is 7.99. The molecule has 1 atom stereocenters. The minimum atomic E-state index is -0.848. The van der Waals surface area contributed by atoms with E-state index in [0.29, 0.717) is 13.0 Å². The second-order valence-corrected chi connectivity index (χ2v) is 6.53. The second-order valence-electron chi connectivity index (χ2n) is 5.46. The highest BCUT2D eigenvalue weighted by Crippen LogP contribution is 2.27. The molecule has 1 aromatic rings. The Morgan fingerprint density at radius 1 is 1.38 bits per heavy atom. The predicted molar refractivity (Wildman–Crippen MR) is 100 cm³/mol. The molecular weight excluding hydrogens is 348 g/mol. The molecule has 1 saturated heterocycles. The molecule has 0 bridgehead atoms. The molecule has 0 radical (unpaired) electrons. The van der Waals surface area contributed by atoms with Gasteiger partial charge in [0.15, 0.2) is 0 Å². The van der Waals surface area contributed by atoms with Gasteiger partial charge in [0.25, 0.3) is 0 Å². The minimum absolute atomic E-state index is 0. The Morgan fingerprint density at radius 3 is 2.83 bits per heavy atom. The Kier molecular flexibility index (Phi) is 8.89. The summed E-state index contributed by atoms with van der Waals surface area (Å²) in [5.74, 6) is -0.260. The van der Waals surface area contributed by atoms with Gasteiger partial charge in [0.1, 0.15) is 6.04 Å². The molecule has 1 aromatic carbocycles. The van der Waals surface area contributed by atoms with Crippen molar-refractivity contribution in [3.63, 3.8) is 0 Å². The van der Waals surface area contributed by atoms with Gasteiger partial charge >= 0.3 is 5.97 Å². The Morgan fingerprint density at radius 2 is 2.12 bits per heavy atom. The first-order valence-corrected chi connectivity index (χ1v) is 8.70. The van der Waals surface area contributed by atoms with Gasteiger partial charge in [0.2, 0.25) is 5.91 Å². The average molecular weight is 371 g/mol. The number of carbonyl (C=O) groups excluding carboxylic acids is 1. The van der Waals surface area contributed by atoms with Gasteiger partial charge < -0.3 is 10.4 Å². The van der Waals surface area contributed by atoms with Crippen molar-refractivity contribution in [2.75, 3.05) is 24.2 Å². The topological polar surface area (TPSA) is 69.6 Å². The van der Waals surface area contributed by atoms with Crippen LogP contribution < -0.4 is 5.32 Å². The molecule has 0 aliphatic carbocycles. The van der Waals surface area contributed by atoms with E-state index < -0.39 is 12.0 Å². The summed E-state index contributed by atoms with van der Waals surface area (Å²) in [6, 6.07) is 7.04. The number of likely N-dealkylation sites (tertiary alicyclic amines) is 1. The summed E-state index contributed by atoms with van der Waals surface area (Å²) in [7, 11) is 0. The lowest BCUT2D eigenvalue weighted by molar-refractivity contribution is -0.145. The zero-order valence-electron chi connectivity index (χ0n) is 13.4. The molecule has 1 heterocycles. The maximum Gasteiger partial charge on any atom is 0.320 e. The van der Waals surface area contributed by atoms with E-state index >= 15 is 0 Å². The maximum atomic E-state index is 12.3. The first kappa shape index (κ1) is 20.5. The number of rotatable bonds is 7. The molecule has 1 aliphatic heterocycles. The van der Waals surface area contributed by atoms with Crippen LogP contribution in [-0.2, 0) is 9.59 Å². The Bertz CT molecular complexity index is 583. The summed E-state index contributed by atoms with van der Waals surface area (Å²) in [5, 5.41) is 12.2. The largest absolute Gasteiger partial charge is 0.480 e. The van der Waals surface area contributed by atoms with Crippen molar-refractivity contribution in [3.8, 4) is 0 Å². The lowest BCUT2D eigenvalue weighted by Gasteiger charge is -2.32. The van der Waals surface area contributed by atoms with E-state index in [0.717, 1.165) is 29.2 Å². The predicted octanol–water partition coefficient (Wildman–Crippen LogP) is 3.26. The number of carbonyl (C=O) groups is 2. The molecule has 0 aromatic heterocycles. The van der Waals surface area contributed by atoms with Crippen LogP contribution in [0.1, 0.15) is 19.3 Å². The van der Waals surface area contributed by atoms with Crippen molar-refractivity contribution in [2.45, 2.75) is 30.2 Å². The van der Waals surface area contributed by atoms with E-state index in [9.17, 15) is 14.7 Å². The van der Waals surface area contributed by atoms with Crippen molar-refractivity contribution in [1.82, 2.24) is 4.90 Å². The number of thioether (sulfide) groups is 1. The number of nitrogens with one attached hydrogen (secondary N) is 1. The van der Waals surface area contributed by atoms with Gasteiger partial charge in [-0.1, -0.05) is 24.6 Å². The van der Waals surface area contributed by atoms with Gasteiger partial charge in [0.05, 0.1) is 12.2 Å². The zero-order chi connectivity index (χ0) is 16.7. The molecule has 2 rings (SSSR count). The first-order chi connectivity index (χ1) is 11.1. The van der Waals surface area contributed by atoms with Crippen molar-refractivity contribution in [2.24, 2.45) is 0 Å². The van der Waals surface area contributed by atoms with Crippen LogP contribution >= 0.6 is 24.2 Å². The van der Waals surface area contributed by atoms with E-state index in [4.69, 9.17) is 0 Å². The average Bonchev–Trinajstić information content (AvgIpc) is 2.54. The number of amides is 1. The number of aliphatic carboxylic acids is 1. The molecule has 0 saturated carbocycles. The van der Waals surface area contributed by atoms with Gasteiger partial charge in [-0.3, -0.25) is 14.5 Å². The van der Waals surface area contributed by atoms with Crippen LogP contribution in [0.2, 0.25) is 0 Å². The monoisotopic (exact) mass is 370 g/mol. The van der Waals surface area contributed by atoms with E-state index in [1.165, 1.54) is 0 Å². The van der Waals surface area contributed by atoms with Crippen LogP contribution in [0.25, 0.3) is 0 Å². The van der Waals surface area contributed by atoms with Gasteiger partial charge in [-0.05, 0) is 31.5 Å². The van der Waals surface area contributed by atoms with Gasteiger partial charge in [-0.2, -0.15) is 0 Å². The van der Waals surface area contributed by atoms with E-state index in [1.807, 2.05) is 30.3 Å². The number of nitrogens with zero attached hydrogens (tertiary/aromatic N) is 1. The van der Waals surface area contributed by atoms with Gasteiger partial charge in [-0.25, -0.2) is 0 Å². The SMILES string of the molecule is C=CCSc1ccccc1NC(=O)CN1CCCCC1C(=O)O.Cl. The molecule has 2 N–H and O–H groups in total. The number of benzene rings is 1. The molecule has 7 heteroatoms. The summed E-state index contributed by atoms with van der Waals surface area (Å²) >= 11 is 1.60. The number of halogens is 1. The molecule has 132 valence electrons. The lowest BCUT2D eigenvalue weighted by Crippen LogP contribution is -2.47. The van der Waals surface area contributed by atoms with Crippen LogP contribution in [0.15, 0.2) is 41.8 Å². The van der Waals surface area contributed by atoms with Crippen LogP contribution in [-0.4, -0.2) is 46.8 Å². The van der Waals surface area contributed by atoms with Crippen LogP contribution in [0.3, 0.4) is 0 Å². The van der Waals surface area contributed by atoms with Crippen molar-refractivity contribution in [3.05, 3.63) is 36.9 Å². The van der Waals surface area contributed by atoms with Crippen LogP contribution in [0.4, 0.5) is 5.69 Å². The Labute approximate surface area is 152 Å². The summed E-state index contributed by atoms with van der Waals surface area (Å²) in [5.41, 5.74) is 0.758. The fourth-order valence-corrected chi connectivity index (χ4v) is 3.43. The van der Waals surface area contributed by atoms with Crippen molar-refractivity contribution in [1.29, 1.82) is 0 Å². The van der Waals surface area contributed by atoms with Crippen LogP contribution in [0, 0.1) is 0 Å². The van der Waals surface area contributed by atoms with Crippen molar-refractivity contribution < 1.29 is 14.7 Å². The highest BCUT2D eigenvalue weighted by atomic mass is 35.5. The van der Waals surface area contributed by atoms with E-state index in [2.05, 4.69) is 11.9 Å². The second kappa shape index (κ2) is 10.4. The molecule has 1 aliphatic rings. The van der Waals surface area contributed by atoms with Gasteiger partial charge in [-0.15, -0.1) is 30.7 Å². The molecule has 1 fully saturated rings. The summed E-state index contributed by atoms with van der Waals surface area (Å²) in [6.45, 7) is 4.46. The standard InChI is InChI=1S/C17H22N2O3S.ClH/c1-2-11-23-15-9-4-3-7-13(15)18-16(20)12-19-10-6-5-8-14(19)17(21)22;/h2-4,7,9,14H,1,5-6,8,10-12H2,(H,18,20)(H,21,22);1H. The quantitative estimate of drug-likeness (QED) is 0.569. The first-order valence-electron chi connectivity index (χ1n) is 7.71. The minimum Gasteiger partial charge on any atom is -0.480 e. The summed E-state index contributed by atoms with van der Waals surface area (Å²) in [4.78, 5) is 26.3. The smallest absolute Gasteiger partial charge is 0.320 e. The number of para-hydroxylation sites is 1. The van der Waals surface area contributed by atoms with Crippen LogP contribution in [0.5, 0.6) is 0 Å². The normalized spacial score (nSPS) is 17.6. The number of hydrogen-bond acceptors (Lipinski definition) is 4. The number of carboxylic acid groups (broad SMARTS) is 1. The van der Waals surface area contributed by atoms with Crippen molar-refractivity contribution >= 4 is 41.7 Å². The number of hydrogen-bond donors (Lipinski definition) is 2. The molecule has 0 spiro atoms. The third-order valence-corrected chi connectivity index (χ3v) is 4.83. The molecular formula is C17H23ClN2O3S. The molecule has 5 nitrogen and oxygen atoms in total. The fourth-order valence-electron chi connectivity index (χ4n) is 2.68. The molecule has 1 unspecified atom stereocenters. The summed E-state index contributed by atoms with van der Waals surface area (Å²) in [6.07, 6.45) is 4.25. The van der Waals surface area contributed by atoms with E-state index in [-0.39, 0.29) is 24.9 Å². The number of carboxylic acids is 1. The maximum absolute atomic E-state index is 12.3. The molecule has 24 heavy (non-hydrogen) atoms.